The van der Waals surface area contributed by atoms with Crippen LogP contribution < -0.4 is 5.73 Å². The zero-order chi connectivity index (χ0) is 18.4. The van der Waals surface area contributed by atoms with Gasteiger partial charge in [-0.1, -0.05) is 33.1 Å². The number of amides is 2. The lowest BCUT2D eigenvalue weighted by Crippen LogP contribution is -2.55. The molecule has 144 valence electrons. The van der Waals surface area contributed by atoms with Gasteiger partial charge in [-0.15, -0.1) is 0 Å². The number of nitrogens with two attached hydrogens (primary N) is 1. The fourth-order valence-electron chi connectivity index (χ4n) is 3.94. The highest BCUT2D eigenvalue weighted by molar-refractivity contribution is 5.82. The lowest BCUT2D eigenvalue weighted by molar-refractivity contribution is -0.136. The highest BCUT2D eigenvalue weighted by Gasteiger charge is 2.28. The predicted molar refractivity (Wildman–Crippen MR) is 100 cm³/mol. The molecule has 2 rings (SSSR count). The van der Waals surface area contributed by atoms with Crippen LogP contribution in [0.5, 0.6) is 0 Å². The van der Waals surface area contributed by atoms with Crippen molar-refractivity contribution < 1.29 is 9.59 Å². The number of carbonyl (C=O) groups is 2. The van der Waals surface area contributed by atoms with Crippen molar-refractivity contribution in [3.63, 3.8) is 0 Å². The van der Waals surface area contributed by atoms with E-state index in [4.69, 9.17) is 5.73 Å². The van der Waals surface area contributed by atoms with Gasteiger partial charge in [0.2, 0.25) is 11.8 Å². The molecular formula is C19H36N4O2. The minimum absolute atomic E-state index is 0.0546. The topological polar surface area (TPSA) is 69.9 Å². The molecule has 1 aliphatic heterocycles. The smallest absolute Gasteiger partial charge is 0.239 e. The van der Waals surface area contributed by atoms with Gasteiger partial charge in [-0.05, 0) is 25.2 Å². The summed E-state index contributed by atoms with van der Waals surface area (Å²) in [6, 6.07) is 0.0174. The molecule has 6 heteroatoms. The van der Waals surface area contributed by atoms with Crippen molar-refractivity contribution in [2.45, 2.75) is 64.5 Å². The van der Waals surface area contributed by atoms with Crippen LogP contribution in [0, 0.1) is 5.92 Å². The second kappa shape index (κ2) is 9.53. The van der Waals surface area contributed by atoms with Gasteiger partial charge < -0.3 is 15.5 Å². The summed E-state index contributed by atoms with van der Waals surface area (Å²) in [7, 11) is 1.95. The third-order valence-electron chi connectivity index (χ3n) is 5.60. The van der Waals surface area contributed by atoms with Gasteiger partial charge >= 0.3 is 0 Å². The normalized spacial score (nSPS) is 21.4. The average Bonchev–Trinajstić information content (AvgIpc) is 2.61. The zero-order valence-electron chi connectivity index (χ0n) is 16.2. The Balaban J connectivity index is 1.74. The fraction of sp³-hybridized carbons (Fsp3) is 0.895. The Morgan fingerprint density at radius 1 is 1.08 bits per heavy atom. The van der Waals surface area contributed by atoms with E-state index < -0.39 is 6.04 Å². The lowest BCUT2D eigenvalue weighted by Gasteiger charge is -2.37. The van der Waals surface area contributed by atoms with Crippen LogP contribution in [-0.4, -0.2) is 78.4 Å². The SMILES string of the molecule is CC(C)C[C@H](N)C(=O)N1CCN(CC(=O)N(C)C2CCCCC2)CC1. The highest BCUT2D eigenvalue weighted by atomic mass is 16.2. The van der Waals surface area contributed by atoms with Gasteiger partial charge in [0, 0.05) is 39.3 Å². The lowest BCUT2D eigenvalue weighted by atomic mass is 9.94. The van der Waals surface area contributed by atoms with Gasteiger partial charge in [-0.25, -0.2) is 0 Å². The molecule has 2 fully saturated rings. The number of carbonyl (C=O) groups excluding carboxylic acids is 2. The van der Waals surface area contributed by atoms with Crippen LogP contribution in [0.2, 0.25) is 0 Å². The van der Waals surface area contributed by atoms with Crippen LogP contribution in [0.15, 0.2) is 0 Å². The van der Waals surface area contributed by atoms with Gasteiger partial charge in [-0.2, -0.15) is 0 Å². The van der Waals surface area contributed by atoms with Gasteiger partial charge in [0.25, 0.3) is 0 Å². The van der Waals surface area contributed by atoms with Crippen LogP contribution in [0.4, 0.5) is 0 Å². The van der Waals surface area contributed by atoms with Crippen LogP contribution >= 0.6 is 0 Å². The van der Waals surface area contributed by atoms with Crippen molar-refractivity contribution in [3.8, 4) is 0 Å². The van der Waals surface area contributed by atoms with E-state index >= 15 is 0 Å². The van der Waals surface area contributed by atoms with E-state index in [9.17, 15) is 9.59 Å². The minimum atomic E-state index is -0.398. The summed E-state index contributed by atoms with van der Waals surface area (Å²) < 4.78 is 0. The molecule has 0 aromatic heterocycles. The summed E-state index contributed by atoms with van der Waals surface area (Å²) in [4.78, 5) is 30.9. The maximum atomic E-state index is 12.5. The monoisotopic (exact) mass is 352 g/mol. The zero-order valence-corrected chi connectivity index (χ0v) is 16.2. The van der Waals surface area contributed by atoms with Crippen molar-refractivity contribution in [2.75, 3.05) is 39.8 Å². The molecule has 0 radical (unpaired) electrons. The standard InChI is InChI=1S/C19H36N4O2/c1-15(2)13-17(20)19(25)23-11-9-22(10-12-23)14-18(24)21(3)16-7-5-4-6-8-16/h15-17H,4-14,20H2,1-3H3/t17-/m0/s1. The van der Waals surface area contributed by atoms with Gasteiger partial charge in [0.05, 0.1) is 12.6 Å². The van der Waals surface area contributed by atoms with E-state index in [-0.39, 0.29) is 11.8 Å². The molecule has 25 heavy (non-hydrogen) atoms. The second-order valence-electron chi connectivity index (χ2n) is 8.13. The predicted octanol–water partition coefficient (Wildman–Crippen LogP) is 1.30. The molecule has 0 unspecified atom stereocenters. The van der Waals surface area contributed by atoms with E-state index in [2.05, 4.69) is 18.7 Å². The maximum absolute atomic E-state index is 12.5. The molecule has 2 amide bonds. The summed E-state index contributed by atoms with van der Waals surface area (Å²) in [6.45, 7) is 7.48. The molecule has 2 N–H and O–H groups in total. The van der Waals surface area contributed by atoms with Crippen molar-refractivity contribution in [1.29, 1.82) is 0 Å². The highest BCUT2D eigenvalue weighted by Crippen LogP contribution is 2.21. The number of hydrogen-bond donors (Lipinski definition) is 1. The molecule has 0 bridgehead atoms. The van der Waals surface area contributed by atoms with Gasteiger partial charge in [0.1, 0.15) is 0 Å². The third kappa shape index (κ3) is 5.96. The van der Waals surface area contributed by atoms with Crippen molar-refractivity contribution in [2.24, 2.45) is 11.7 Å². The summed E-state index contributed by atoms with van der Waals surface area (Å²) >= 11 is 0. The molecule has 1 aliphatic carbocycles. The molecule has 1 saturated carbocycles. The first-order valence-corrected chi connectivity index (χ1v) is 9.91. The number of piperazine rings is 1. The number of likely N-dealkylation sites (N-methyl/N-ethyl adjacent to an activating group) is 1. The first kappa shape index (κ1) is 20.2. The molecule has 1 atom stereocenters. The van der Waals surface area contributed by atoms with Crippen LogP contribution in [0.1, 0.15) is 52.4 Å². The molecular weight excluding hydrogens is 316 g/mol. The Morgan fingerprint density at radius 2 is 1.68 bits per heavy atom. The fourth-order valence-corrected chi connectivity index (χ4v) is 3.94. The Kier molecular flexibility index (Phi) is 7.69. The Bertz CT molecular complexity index is 441. The van der Waals surface area contributed by atoms with Crippen molar-refractivity contribution in [3.05, 3.63) is 0 Å². The molecule has 0 aromatic rings. The second-order valence-corrected chi connectivity index (χ2v) is 8.13. The van der Waals surface area contributed by atoms with E-state index in [1.165, 1.54) is 19.3 Å². The average molecular weight is 353 g/mol. The number of rotatable bonds is 6. The van der Waals surface area contributed by atoms with Gasteiger partial charge in [0.15, 0.2) is 0 Å². The van der Waals surface area contributed by atoms with Gasteiger partial charge in [-0.3, -0.25) is 14.5 Å². The number of hydrogen-bond acceptors (Lipinski definition) is 4. The molecule has 0 spiro atoms. The van der Waals surface area contributed by atoms with Crippen molar-refractivity contribution >= 4 is 11.8 Å². The first-order valence-electron chi connectivity index (χ1n) is 9.91. The van der Waals surface area contributed by atoms with E-state index in [0.717, 1.165) is 32.4 Å². The van der Waals surface area contributed by atoms with E-state index in [0.29, 0.717) is 31.6 Å². The largest absolute Gasteiger partial charge is 0.342 e. The van der Waals surface area contributed by atoms with E-state index in [1.807, 2.05) is 16.8 Å². The van der Waals surface area contributed by atoms with Crippen LogP contribution in [0.25, 0.3) is 0 Å². The maximum Gasteiger partial charge on any atom is 0.239 e. The Labute approximate surface area is 152 Å². The quantitative estimate of drug-likeness (QED) is 0.782. The number of nitrogens with zero attached hydrogens (tertiary/aromatic N) is 3. The summed E-state index contributed by atoms with van der Waals surface area (Å²) in [5.41, 5.74) is 6.02. The Morgan fingerprint density at radius 3 is 2.24 bits per heavy atom. The summed E-state index contributed by atoms with van der Waals surface area (Å²) in [5, 5.41) is 0. The summed E-state index contributed by atoms with van der Waals surface area (Å²) in [6.07, 6.45) is 6.77. The molecule has 2 aliphatic rings. The molecule has 1 heterocycles. The molecule has 0 aromatic carbocycles. The van der Waals surface area contributed by atoms with Crippen LogP contribution in [-0.2, 0) is 9.59 Å². The Hall–Kier alpha value is -1.14. The third-order valence-corrected chi connectivity index (χ3v) is 5.60. The summed E-state index contributed by atoms with van der Waals surface area (Å²) in [5.74, 6) is 0.690. The van der Waals surface area contributed by atoms with Crippen molar-refractivity contribution in [1.82, 2.24) is 14.7 Å². The molecule has 6 nitrogen and oxygen atoms in total. The molecule has 1 saturated heterocycles. The minimum Gasteiger partial charge on any atom is -0.342 e. The van der Waals surface area contributed by atoms with Crippen LogP contribution in [0.3, 0.4) is 0 Å². The van der Waals surface area contributed by atoms with E-state index in [1.54, 1.807) is 0 Å². The first-order chi connectivity index (χ1) is 11.9.